The molecule has 0 aromatic heterocycles. The van der Waals surface area contributed by atoms with Crippen LogP contribution in [-0.4, -0.2) is 18.4 Å². The van der Waals surface area contributed by atoms with Crippen molar-refractivity contribution in [3.8, 4) is 0 Å². The number of carbonyl (C=O) groups is 2. The van der Waals surface area contributed by atoms with Gasteiger partial charge in [-0.25, -0.2) is 0 Å². The summed E-state index contributed by atoms with van der Waals surface area (Å²) in [6.45, 7) is 3.85. The Labute approximate surface area is 130 Å². The van der Waals surface area contributed by atoms with Crippen LogP contribution in [0.2, 0.25) is 0 Å². The fraction of sp³-hybridized carbons (Fsp3) is 0.222. The van der Waals surface area contributed by atoms with Crippen LogP contribution in [0.3, 0.4) is 0 Å². The van der Waals surface area contributed by atoms with Gasteiger partial charge in [-0.15, -0.1) is 0 Å². The van der Waals surface area contributed by atoms with Crippen LogP contribution in [0, 0.1) is 6.92 Å². The SMILES string of the molecule is CC(=O)N(CCC(=O)Nc1ccccc1)c1cccc(C)c1. The van der Waals surface area contributed by atoms with E-state index in [9.17, 15) is 9.59 Å². The standard InChI is InChI=1S/C18H20N2O2/c1-14-7-6-10-17(13-14)20(15(2)21)12-11-18(22)19-16-8-4-3-5-9-16/h3-10,13H,11-12H2,1-2H3,(H,19,22). The predicted octanol–water partition coefficient (Wildman–Crippen LogP) is 3.38. The third-order valence-corrected chi connectivity index (χ3v) is 3.31. The number of rotatable bonds is 5. The molecule has 1 N–H and O–H groups in total. The van der Waals surface area contributed by atoms with Gasteiger partial charge in [0.25, 0.3) is 0 Å². The first-order valence-corrected chi connectivity index (χ1v) is 7.26. The molecule has 0 aliphatic carbocycles. The number of aryl methyl sites for hydroxylation is 1. The van der Waals surface area contributed by atoms with Crippen molar-refractivity contribution in [3.63, 3.8) is 0 Å². The molecule has 0 aliphatic rings. The van der Waals surface area contributed by atoms with Gasteiger partial charge in [-0.05, 0) is 36.8 Å². The summed E-state index contributed by atoms with van der Waals surface area (Å²) in [6.07, 6.45) is 0.252. The van der Waals surface area contributed by atoms with Gasteiger partial charge in [0.15, 0.2) is 0 Å². The van der Waals surface area contributed by atoms with Crippen molar-refractivity contribution in [2.75, 3.05) is 16.8 Å². The van der Waals surface area contributed by atoms with Crippen molar-refractivity contribution >= 4 is 23.2 Å². The Morgan fingerprint density at radius 3 is 2.41 bits per heavy atom. The third-order valence-electron chi connectivity index (χ3n) is 3.31. The molecule has 0 atom stereocenters. The highest BCUT2D eigenvalue weighted by Gasteiger charge is 2.13. The number of hydrogen-bond donors (Lipinski definition) is 1. The molecule has 2 aromatic carbocycles. The van der Waals surface area contributed by atoms with Crippen LogP contribution in [0.4, 0.5) is 11.4 Å². The topological polar surface area (TPSA) is 49.4 Å². The van der Waals surface area contributed by atoms with Crippen LogP contribution < -0.4 is 10.2 Å². The Kier molecular flexibility index (Phi) is 5.31. The minimum atomic E-state index is -0.106. The minimum Gasteiger partial charge on any atom is -0.326 e. The normalized spacial score (nSPS) is 10.1. The molecule has 0 saturated carbocycles. The lowest BCUT2D eigenvalue weighted by Crippen LogP contribution is -2.32. The van der Waals surface area contributed by atoms with Crippen molar-refractivity contribution < 1.29 is 9.59 Å². The Morgan fingerprint density at radius 1 is 1.05 bits per heavy atom. The molecule has 2 rings (SSSR count). The second-order valence-corrected chi connectivity index (χ2v) is 5.17. The van der Waals surface area contributed by atoms with Gasteiger partial charge in [0.1, 0.15) is 0 Å². The molecule has 4 nitrogen and oxygen atoms in total. The molecular weight excluding hydrogens is 276 g/mol. The summed E-state index contributed by atoms with van der Waals surface area (Å²) in [6, 6.07) is 17.0. The van der Waals surface area contributed by atoms with Crippen molar-refractivity contribution in [2.45, 2.75) is 20.3 Å². The van der Waals surface area contributed by atoms with Gasteiger partial charge in [-0.3, -0.25) is 9.59 Å². The zero-order chi connectivity index (χ0) is 15.9. The Morgan fingerprint density at radius 2 is 1.77 bits per heavy atom. The summed E-state index contributed by atoms with van der Waals surface area (Å²) in [5, 5.41) is 2.82. The third kappa shape index (κ3) is 4.45. The number of carbonyl (C=O) groups excluding carboxylic acids is 2. The lowest BCUT2D eigenvalue weighted by Gasteiger charge is -2.21. The summed E-state index contributed by atoms with van der Waals surface area (Å²) in [5.41, 5.74) is 2.66. The first-order chi connectivity index (χ1) is 10.6. The van der Waals surface area contributed by atoms with Gasteiger partial charge in [-0.1, -0.05) is 30.3 Å². The number of para-hydroxylation sites is 1. The largest absolute Gasteiger partial charge is 0.326 e. The molecule has 0 spiro atoms. The van der Waals surface area contributed by atoms with E-state index in [0.29, 0.717) is 6.54 Å². The van der Waals surface area contributed by atoms with E-state index in [-0.39, 0.29) is 18.2 Å². The minimum absolute atomic E-state index is 0.0712. The lowest BCUT2D eigenvalue weighted by atomic mass is 10.2. The van der Waals surface area contributed by atoms with Crippen molar-refractivity contribution in [1.29, 1.82) is 0 Å². The molecule has 0 saturated heterocycles. The average molecular weight is 296 g/mol. The highest BCUT2D eigenvalue weighted by molar-refractivity contribution is 5.94. The second kappa shape index (κ2) is 7.41. The van der Waals surface area contributed by atoms with Gasteiger partial charge < -0.3 is 10.2 Å². The van der Waals surface area contributed by atoms with Crippen molar-refractivity contribution in [1.82, 2.24) is 0 Å². The van der Waals surface area contributed by atoms with E-state index in [1.54, 1.807) is 4.90 Å². The number of hydrogen-bond acceptors (Lipinski definition) is 2. The highest BCUT2D eigenvalue weighted by Crippen LogP contribution is 2.16. The van der Waals surface area contributed by atoms with Gasteiger partial charge in [0, 0.05) is 31.3 Å². The Bertz CT molecular complexity index is 653. The average Bonchev–Trinajstić information content (AvgIpc) is 2.48. The van der Waals surface area contributed by atoms with Gasteiger partial charge in [0.05, 0.1) is 0 Å². The number of nitrogens with one attached hydrogen (secondary N) is 1. The van der Waals surface area contributed by atoms with Gasteiger partial charge in [-0.2, -0.15) is 0 Å². The van der Waals surface area contributed by atoms with Gasteiger partial charge in [0.2, 0.25) is 11.8 Å². The zero-order valence-corrected chi connectivity index (χ0v) is 12.9. The molecule has 0 aliphatic heterocycles. The molecule has 4 heteroatoms. The van der Waals surface area contributed by atoms with Crippen LogP contribution in [0.1, 0.15) is 18.9 Å². The maximum absolute atomic E-state index is 12.0. The molecular formula is C18H20N2O2. The first-order valence-electron chi connectivity index (χ1n) is 7.26. The van der Waals surface area contributed by atoms with Crippen LogP contribution in [0.25, 0.3) is 0 Å². The Balaban J connectivity index is 1.97. The van der Waals surface area contributed by atoms with E-state index in [1.165, 1.54) is 6.92 Å². The van der Waals surface area contributed by atoms with Crippen molar-refractivity contribution in [2.24, 2.45) is 0 Å². The second-order valence-electron chi connectivity index (χ2n) is 5.17. The molecule has 0 bridgehead atoms. The fourth-order valence-electron chi connectivity index (χ4n) is 2.22. The Hall–Kier alpha value is -2.62. The molecule has 114 valence electrons. The fourth-order valence-corrected chi connectivity index (χ4v) is 2.22. The van der Waals surface area contributed by atoms with Crippen molar-refractivity contribution in [3.05, 3.63) is 60.2 Å². The smallest absolute Gasteiger partial charge is 0.226 e. The summed E-state index contributed by atoms with van der Waals surface area (Å²) in [5.74, 6) is -0.178. The number of benzene rings is 2. The zero-order valence-electron chi connectivity index (χ0n) is 12.9. The molecule has 0 heterocycles. The van der Waals surface area contributed by atoms with E-state index in [1.807, 2.05) is 61.5 Å². The van der Waals surface area contributed by atoms with E-state index >= 15 is 0 Å². The number of nitrogens with zero attached hydrogens (tertiary/aromatic N) is 1. The first kappa shape index (κ1) is 15.8. The summed E-state index contributed by atoms with van der Waals surface area (Å²) in [4.78, 5) is 25.4. The summed E-state index contributed by atoms with van der Waals surface area (Å²) in [7, 11) is 0. The number of anilines is 2. The monoisotopic (exact) mass is 296 g/mol. The van der Waals surface area contributed by atoms with Gasteiger partial charge >= 0.3 is 0 Å². The molecule has 0 unspecified atom stereocenters. The maximum atomic E-state index is 12.0. The lowest BCUT2D eigenvalue weighted by molar-refractivity contribution is -0.117. The summed E-state index contributed by atoms with van der Waals surface area (Å²) >= 11 is 0. The molecule has 2 aromatic rings. The number of amides is 2. The van der Waals surface area contributed by atoms with E-state index in [2.05, 4.69) is 5.32 Å². The molecule has 0 radical (unpaired) electrons. The van der Waals surface area contributed by atoms with Crippen LogP contribution in [0.15, 0.2) is 54.6 Å². The molecule has 0 fully saturated rings. The molecule has 2 amide bonds. The quantitative estimate of drug-likeness (QED) is 0.919. The van der Waals surface area contributed by atoms with E-state index in [0.717, 1.165) is 16.9 Å². The predicted molar refractivity (Wildman–Crippen MR) is 88.9 cm³/mol. The van der Waals surface area contributed by atoms with Crippen LogP contribution in [0.5, 0.6) is 0 Å². The van der Waals surface area contributed by atoms with Crippen LogP contribution >= 0.6 is 0 Å². The summed E-state index contributed by atoms with van der Waals surface area (Å²) < 4.78 is 0. The molecule has 22 heavy (non-hydrogen) atoms. The highest BCUT2D eigenvalue weighted by atomic mass is 16.2. The van der Waals surface area contributed by atoms with E-state index in [4.69, 9.17) is 0 Å². The maximum Gasteiger partial charge on any atom is 0.226 e. The van der Waals surface area contributed by atoms with E-state index < -0.39 is 0 Å². The van der Waals surface area contributed by atoms with Crippen LogP contribution in [-0.2, 0) is 9.59 Å².